The molecule has 2 N–H and O–H groups in total. The van der Waals surface area contributed by atoms with Gasteiger partial charge in [0.2, 0.25) is 0 Å². The van der Waals surface area contributed by atoms with Crippen molar-refractivity contribution in [3.05, 3.63) is 52.7 Å². The molecule has 30 heavy (non-hydrogen) atoms. The van der Waals surface area contributed by atoms with Crippen LogP contribution >= 0.6 is 35.3 Å². The molecule has 6 nitrogen and oxygen atoms in total. The van der Waals surface area contributed by atoms with Crippen LogP contribution in [0.2, 0.25) is 0 Å². The summed E-state index contributed by atoms with van der Waals surface area (Å²) in [4.78, 5) is 10.8. The van der Waals surface area contributed by atoms with Crippen LogP contribution in [0.15, 0.2) is 52.8 Å². The number of morpholine rings is 1. The van der Waals surface area contributed by atoms with Gasteiger partial charge in [0, 0.05) is 56.4 Å². The van der Waals surface area contributed by atoms with E-state index in [-0.39, 0.29) is 24.0 Å². The summed E-state index contributed by atoms with van der Waals surface area (Å²) in [5.41, 5.74) is 1.30. The molecule has 2 unspecified atom stereocenters. The van der Waals surface area contributed by atoms with Crippen molar-refractivity contribution in [3.63, 3.8) is 0 Å². The van der Waals surface area contributed by atoms with Gasteiger partial charge >= 0.3 is 0 Å². The molecule has 2 aliphatic rings. The first-order valence-electron chi connectivity index (χ1n) is 10.5. The second-order valence-electron chi connectivity index (χ2n) is 7.54. The Morgan fingerprint density at radius 2 is 1.97 bits per heavy atom. The Morgan fingerprint density at radius 1 is 1.17 bits per heavy atom. The van der Waals surface area contributed by atoms with Crippen molar-refractivity contribution in [2.45, 2.75) is 18.5 Å². The molecule has 2 aromatic rings. The van der Waals surface area contributed by atoms with Gasteiger partial charge in [0.15, 0.2) is 5.96 Å². The number of guanidine groups is 1. The Morgan fingerprint density at radius 3 is 2.67 bits per heavy atom. The summed E-state index contributed by atoms with van der Waals surface area (Å²) in [5, 5.41) is 9.37. The fourth-order valence-corrected chi connectivity index (χ4v) is 4.97. The minimum atomic E-state index is 0. The summed E-state index contributed by atoms with van der Waals surface area (Å²) in [7, 11) is 1.86. The lowest BCUT2D eigenvalue weighted by Crippen LogP contribution is -2.48. The SMILES string of the molecule is CN=C(NCC(c1cccs1)N1CCOCC1)NC1CCN(c2ccccc2)C1.I. The van der Waals surface area contributed by atoms with Crippen molar-refractivity contribution in [2.24, 2.45) is 4.99 Å². The minimum absolute atomic E-state index is 0. The normalized spacial score (nSPS) is 21.2. The van der Waals surface area contributed by atoms with Crippen LogP contribution < -0.4 is 15.5 Å². The molecule has 0 spiro atoms. The van der Waals surface area contributed by atoms with Crippen LogP contribution in [0.4, 0.5) is 5.69 Å². The molecule has 4 rings (SSSR count). The summed E-state index contributed by atoms with van der Waals surface area (Å²) in [6, 6.07) is 15.8. The molecule has 0 bridgehead atoms. The lowest BCUT2D eigenvalue weighted by atomic mass is 10.2. The van der Waals surface area contributed by atoms with Crippen molar-refractivity contribution in [1.29, 1.82) is 0 Å². The molecule has 0 aliphatic carbocycles. The first-order chi connectivity index (χ1) is 14.3. The summed E-state index contributed by atoms with van der Waals surface area (Å²) in [6.07, 6.45) is 1.12. The van der Waals surface area contributed by atoms with Gasteiger partial charge in [-0.15, -0.1) is 35.3 Å². The third-order valence-electron chi connectivity index (χ3n) is 5.69. The number of hydrogen-bond donors (Lipinski definition) is 2. The number of thiophene rings is 1. The highest BCUT2D eigenvalue weighted by Crippen LogP contribution is 2.25. The summed E-state index contributed by atoms with van der Waals surface area (Å²) < 4.78 is 5.55. The second kappa shape index (κ2) is 11.9. The predicted molar refractivity (Wildman–Crippen MR) is 136 cm³/mol. The summed E-state index contributed by atoms with van der Waals surface area (Å²) in [6.45, 7) is 6.50. The third-order valence-corrected chi connectivity index (χ3v) is 6.67. The van der Waals surface area contributed by atoms with E-state index in [1.54, 1.807) is 0 Å². The zero-order valence-corrected chi connectivity index (χ0v) is 20.6. The van der Waals surface area contributed by atoms with Crippen LogP contribution in [0.5, 0.6) is 0 Å². The van der Waals surface area contributed by atoms with E-state index < -0.39 is 0 Å². The zero-order chi connectivity index (χ0) is 19.9. The van der Waals surface area contributed by atoms with E-state index in [0.717, 1.165) is 58.3 Å². The lowest BCUT2D eigenvalue weighted by molar-refractivity contribution is 0.0177. The molecule has 8 heteroatoms. The fourth-order valence-electron chi connectivity index (χ4n) is 4.11. The fraction of sp³-hybridized carbons (Fsp3) is 0.500. The van der Waals surface area contributed by atoms with E-state index in [9.17, 15) is 0 Å². The van der Waals surface area contributed by atoms with Gasteiger partial charge in [0.25, 0.3) is 0 Å². The molecule has 0 amide bonds. The van der Waals surface area contributed by atoms with Crippen molar-refractivity contribution in [3.8, 4) is 0 Å². The number of para-hydroxylation sites is 1. The van der Waals surface area contributed by atoms with E-state index >= 15 is 0 Å². The monoisotopic (exact) mass is 541 g/mol. The van der Waals surface area contributed by atoms with Crippen LogP contribution in [0.25, 0.3) is 0 Å². The molecule has 2 saturated heterocycles. The maximum absolute atomic E-state index is 5.55. The number of benzene rings is 1. The Kier molecular flexibility index (Phi) is 9.23. The average Bonchev–Trinajstić information content (AvgIpc) is 3.47. The molecule has 1 aromatic carbocycles. The van der Waals surface area contributed by atoms with Crippen LogP contribution in [0, 0.1) is 0 Å². The van der Waals surface area contributed by atoms with Crippen LogP contribution in [-0.2, 0) is 4.74 Å². The molecule has 3 heterocycles. The molecule has 0 saturated carbocycles. The number of aliphatic imine (C=N–C) groups is 1. The lowest BCUT2D eigenvalue weighted by Gasteiger charge is -2.34. The largest absolute Gasteiger partial charge is 0.379 e. The van der Waals surface area contributed by atoms with Gasteiger partial charge in [0.1, 0.15) is 0 Å². The highest BCUT2D eigenvalue weighted by Gasteiger charge is 2.26. The minimum Gasteiger partial charge on any atom is -0.379 e. The molecule has 0 radical (unpaired) electrons. The van der Waals surface area contributed by atoms with Gasteiger partial charge in [0.05, 0.1) is 19.3 Å². The van der Waals surface area contributed by atoms with Crippen molar-refractivity contribution < 1.29 is 4.74 Å². The zero-order valence-electron chi connectivity index (χ0n) is 17.5. The van der Waals surface area contributed by atoms with E-state index in [0.29, 0.717) is 12.1 Å². The number of rotatable bonds is 6. The van der Waals surface area contributed by atoms with Crippen LogP contribution in [0.3, 0.4) is 0 Å². The topological polar surface area (TPSA) is 52.1 Å². The molecule has 1 aromatic heterocycles. The van der Waals surface area contributed by atoms with Gasteiger partial charge in [-0.05, 0) is 30.0 Å². The van der Waals surface area contributed by atoms with Crippen LogP contribution in [0.1, 0.15) is 17.3 Å². The molecule has 2 aliphatic heterocycles. The van der Waals surface area contributed by atoms with Gasteiger partial charge in [-0.2, -0.15) is 0 Å². The molecule has 164 valence electrons. The highest BCUT2D eigenvalue weighted by atomic mass is 127. The molecular formula is C22H32IN5OS. The molecule has 2 fully saturated rings. The number of nitrogens with one attached hydrogen (secondary N) is 2. The Bertz CT molecular complexity index is 767. The van der Waals surface area contributed by atoms with E-state index in [4.69, 9.17) is 4.74 Å². The van der Waals surface area contributed by atoms with Gasteiger partial charge < -0.3 is 20.3 Å². The number of halogens is 1. The first-order valence-corrected chi connectivity index (χ1v) is 11.3. The summed E-state index contributed by atoms with van der Waals surface area (Å²) in [5.74, 6) is 0.889. The summed E-state index contributed by atoms with van der Waals surface area (Å²) >= 11 is 1.83. The van der Waals surface area contributed by atoms with Crippen molar-refractivity contribution >= 4 is 47.0 Å². The predicted octanol–water partition coefficient (Wildman–Crippen LogP) is 3.18. The van der Waals surface area contributed by atoms with Crippen molar-refractivity contribution in [2.75, 3.05) is 57.9 Å². The average molecular weight is 542 g/mol. The Labute approximate surface area is 200 Å². The standard InChI is InChI=1S/C22H31N5OS.HI/c1-23-22(25-18-9-10-27(17-18)19-6-3-2-4-7-19)24-16-20(21-8-5-15-29-21)26-11-13-28-14-12-26;/h2-8,15,18,20H,9-14,16-17H2,1H3,(H2,23,24,25);1H. The number of nitrogens with zero attached hydrogens (tertiary/aromatic N) is 3. The van der Waals surface area contributed by atoms with Gasteiger partial charge in [-0.3, -0.25) is 9.89 Å². The number of hydrogen-bond acceptors (Lipinski definition) is 5. The smallest absolute Gasteiger partial charge is 0.191 e. The molecular weight excluding hydrogens is 509 g/mol. The Balaban J connectivity index is 0.00000256. The van der Waals surface area contributed by atoms with Crippen molar-refractivity contribution in [1.82, 2.24) is 15.5 Å². The van der Waals surface area contributed by atoms with Gasteiger partial charge in [-0.1, -0.05) is 24.3 Å². The van der Waals surface area contributed by atoms with E-state index in [1.165, 1.54) is 10.6 Å². The number of ether oxygens (including phenoxy) is 1. The first kappa shape index (κ1) is 23.3. The quantitative estimate of drug-likeness (QED) is 0.335. The third kappa shape index (κ3) is 6.09. The maximum atomic E-state index is 5.55. The maximum Gasteiger partial charge on any atom is 0.191 e. The Hall–Kier alpha value is -1.36. The van der Waals surface area contributed by atoms with Gasteiger partial charge in [-0.25, -0.2) is 0 Å². The van der Waals surface area contributed by atoms with Crippen LogP contribution in [-0.4, -0.2) is 69.9 Å². The van der Waals surface area contributed by atoms with E-state index in [2.05, 4.69) is 73.3 Å². The molecule has 2 atom stereocenters. The highest BCUT2D eigenvalue weighted by molar-refractivity contribution is 14.0. The second-order valence-corrected chi connectivity index (χ2v) is 8.52. The number of anilines is 1. The van der Waals surface area contributed by atoms with E-state index in [1.807, 2.05) is 18.4 Å².